The van der Waals surface area contributed by atoms with Gasteiger partial charge in [0.2, 0.25) is 21.8 Å². The molecule has 1 aromatic heterocycles. The van der Waals surface area contributed by atoms with E-state index in [-0.39, 0.29) is 17.7 Å². The first-order valence-electron chi connectivity index (χ1n) is 9.57. The van der Waals surface area contributed by atoms with E-state index >= 15 is 0 Å². The van der Waals surface area contributed by atoms with Gasteiger partial charge in [-0.1, -0.05) is 25.4 Å². The average molecular weight is 466 g/mol. The zero-order chi connectivity index (χ0) is 22.4. The molecule has 1 aliphatic carbocycles. The molecule has 166 valence electrons. The van der Waals surface area contributed by atoms with Crippen molar-refractivity contribution in [3.05, 3.63) is 40.6 Å². The van der Waals surface area contributed by atoms with Crippen LogP contribution in [0.5, 0.6) is 0 Å². The van der Waals surface area contributed by atoms with Gasteiger partial charge in [0.25, 0.3) is 0 Å². The third-order valence-electron chi connectivity index (χ3n) is 4.87. The zero-order valence-corrected chi connectivity index (χ0v) is 18.5. The van der Waals surface area contributed by atoms with E-state index in [4.69, 9.17) is 16.0 Å². The molecular weight excluding hydrogens is 443 g/mol. The number of nitrogens with zero attached hydrogens (tertiary/aromatic N) is 3. The molecule has 11 heteroatoms. The Morgan fingerprint density at radius 3 is 2.27 bits per heavy atom. The van der Waals surface area contributed by atoms with Crippen LogP contribution in [0.25, 0.3) is 0 Å². The number of sulfonamides is 1. The number of halogens is 4. The summed E-state index contributed by atoms with van der Waals surface area (Å²) in [7, 11) is -4.27. The normalized spacial score (nSPS) is 16.6. The Balaban J connectivity index is 2.06. The summed E-state index contributed by atoms with van der Waals surface area (Å²) in [5, 5.41) is 7.62. The zero-order valence-electron chi connectivity index (χ0n) is 16.9. The molecule has 0 aliphatic heterocycles. The fourth-order valence-corrected chi connectivity index (χ4v) is 5.73. The highest BCUT2D eigenvalue weighted by atomic mass is 35.5. The van der Waals surface area contributed by atoms with Crippen LogP contribution in [0.15, 0.2) is 27.5 Å². The van der Waals surface area contributed by atoms with Crippen molar-refractivity contribution < 1.29 is 26.0 Å². The summed E-state index contributed by atoms with van der Waals surface area (Å²) in [5.41, 5.74) is -1.02. The van der Waals surface area contributed by atoms with Crippen molar-refractivity contribution in [2.75, 3.05) is 0 Å². The number of benzene rings is 1. The molecule has 6 nitrogen and oxygen atoms in total. The molecule has 0 N–H and O–H groups in total. The highest BCUT2D eigenvalue weighted by Crippen LogP contribution is 2.42. The van der Waals surface area contributed by atoms with Crippen molar-refractivity contribution in [2.45, 2.75) is 69.6 Å². The van der Waals surface area contributed by atoms with Crippen LogP contribution in [0.1, 0.15) is 69.8 Å². The van der Waals surface area contributed by atoms with E-state index in [0.717, 1.165) is 18.9 Å². The molecular formula is C19H23ClF3N3O3S. The summed E-state index contributed by atoms with van der Waals surface area (Å²) in [6, 6.07) is 0.872. The minimum Gasteiger partial charge on any atom is -0.423 e. The van der Waals surface area contributed by atoms with Crippen molar-refractivity contribution in [1.82, 2.24) is 14.5 Å². The third kappa shape index (κ3) is 4.50. The van der Waals surface area contributed by atoms with Crippen molar-refractivity contribution in [2.24, 2.45) is 5.92 Å². The lowest BCUT2D eigenvalue weighted by atomic mass is 10.0. The Kier molecular flexibility index (Phi) is 6.23. The van der Waals surface area contributed by atoms with Crippen LogP contribution in [0.3, 0.4) is 0 Å². The second kappa shape index (κ2) is 8.12. The Labute approximate surface area is 178 Å². The van der Waals surface area contributed by atoms with Gasteiger partial charge in [0, 0.05) is 12.0 Å². The summed E-state index contributed by atoms with van der Waals surface area (Å²) in [6.07, 6.45) is -2.74. The van der Waals surface area contributed by atoms with Gasteiger partial charge in [-0.05, 0) is 50.8 Å². The fourth-order valence-electron chi connectivity index (χ4n) is 3.30. The molecule has 1 saturated carbocycles. The first-order chi connectivity index (χ1) is 13.8. The van der Waals surface area contributed by atoms with Gasteiger partial charge >= 0.3 is 6.18 Å². The maximum atomic E-state index is 13.5. The molecule has 0 unspecified atom stereocenters. The van der Waals surface area contributed by atoms with Crippen molar-refractivity contribution >= 4 is 21.6 Å². The minimum absolute atomic E-state index is 0.159. The number of alkyl halides is 3. The SMILES string of the molecule is CC(C)[C@@H](c1nnc(C2CC2)o1)N(C(C)C)S(=O)(=O)c1ccc(C(F)(F)F)cc1Cl. The van der Waals surface area contributed by atoms with Crippen LogP contribution in [0.2, 0.25) is 5.02 Å². The van der Waals surface area contributed by atoms with Crippen molar-refractivity contribution in [3.63, 3.8) is 0 Å². The molecule has 0 amide bonds. The van der Waals surface area contributed by atoms with E-state index in [1.165, 1.54) is 4.31 Å². The number of rotatable bonds is 7. The molecule has 1 aromatic carbocycles. The average Bonchev–Trinajstić information content (AvgIpc) is 3.35. The molecule has 0 spiro atoms. The fraction of sp³-hybridized carbons (Fsp3) is 0.579. The molecule has 30 heavy (non-hydrogen) atoms. The summed E-state index contributed by atoms with van der Waals surface area (Å²) in [5.74, 6) is 0.590. The molecule has 1 atom stereocenters. The van der Waals surface area contributed by atoms with Gasteiger partial charge in [-0.3, -0.25) is 0 Å². The highest BCUT2D eigenvalue weighted by molar-refractivity contribution is 7.89. The van der Waals surface area contributed by atoms with Gasteiger partial charge in [0.1, 0.15) is 10.9 Å². The summed E-state index contributed by atoms with van der Waals surface area (Å²) >= 11 is 6.00. The van der Waals surface area contributed by atoms with E-state index in [9.17, 15) is 21.6 Å². The maximum absolute atomic E-state index is 13.5. The summed E-state index contributed by atoms with van der Waals surface area (Å²) in [4.78, 5) is -0.404. The number of hydrogen-bond acceptors (Lipinski definition) is 5. The predicted octanol–water partition coefficient (Wildman–Crippen LogP) is 5.42. The molecule has 1 heterocycles. The van der Waals surface area contributed by atoms with Crippen LogP contribution >= 0.6 is 11.6 Å². The van der Waals surface area contributed by atoms with E-state index in [2.05, 4.69) is 10.2 Å². The molecule has 0 bridgehead atoms. The van der Waals surface area contributed by atoms with Crippen LogP contribution in [0, 0.1) is 5.92 Å². The Morgan fingerprint density at radius 2 is 1.80 bits per heavy atom. The molecule has 0 saturated heterocycles. The smallest absolute Gasteiger partial charge is 0.416 e. The predicted molar refractivity (Wildman–Crippen MR) is 104 cm³/mol. The van der Waals surface area contributed by atoms with Gasteiger partial charge in [-0.25, -0.2) is 8.42 Å². The minimum atomic E-state index is -4.63. The molecule has 0 radical (unpaired) electrons. The first kappa shape index (κ1) is 23.0. The van der Waals surface area contributed by atoms with Gasteiger partial charge in [-0.2, -0.15) is 17.5 Å². The second-order valence-corrected chi connectivity index (χ2v) is 10.2. The molecule has 2 aromatic rings. The second-order valence-electron chi connectivity index (χ2n) is 8.01. The van der Waals surface area contributed by atoms with Crippen LogP contribution in [-0.4, -0.2) is 29.0 Å². The van der Waals surface area contributed by atoms with E-state index in [1.54, 1.807) is 13.8 Å². The highest BCUT2D eigenvalue weighted by Gasteiger charge is 2.42. The van der Waals surface area contributed by atoms with Gasteiger partial charge in [0.15, 0.2) is 0 Å². The standard InChI is InChI=1S/C19H23ClF3N3O3S/c1-10(2)16(18-25-24-17(29-18)12-5-6-12)26(11(3)4)30(27,28)15-8-7-13(9-14(15)20)19(21,22)23/h7-12,16H,5-6H2,1-4H3/t16-/m0/s1. The van der Waals surface area contributed by atoms with Crippen LogP contribution in [0.4, 0.5) is 13.2 Å². The Bertz CT molecular complexity index is 1020. The van der Waals surface area contributed by atoms with E-state index < -0.39 is 43.8 Å². The quantitative estimate of drug-likeness (QED) is 0.546. The van der Waals surface area contributed by atoms with Crippen LogP contribution < -0.4 is 0 Å². The summed E-state index contributed by atoms with van der Waals surface area (Å²) in [6.45, 7) is 6.96. The Morgan fingerprint density at radius 1 is 1.17 bits per heavy atom. The topological polar surface area (TPSA) is 76.3 Å². The molecule has 3 rings (SSSR count). The molecule has 1 fully saturated rings. The largest absolute Gasteiger partial charge is 0.423 e. The monoisotopic (exact) mass is 465 g/mol. The van der Waals surface area contributed by atoms with E-state index in [0.29, 0.717) is 18.0 Å². The summed E-state index contributed by atoms with van der Waals surface area (Å²) < 4.78 is 72.8. The van der Waals surface area contributed by atoms with Gasteiger partial charge in [0.05, 0.1) is 10.6 Å². The van der Waals surface area contributed by atoms with E-state index in [1.807, 2.05) is 13.8 Å². The van der Waals surface area contributed by atoms with Gasteiger partial charge < -0.3 is 4.42 Å². The van der Waals surface area contributed by atoms with Crippen molar-refractivity contribution in [1.29, 1.82) is 0 Å². The number of hydrogen-bond donors (Lipinski definition) is 0. The Hall–Kier alpha value is -1.65. The van der Waals surface area contributed by atoms with Crippen LogP contribution in [-0.2, 0) is 16.2 Å². The lowest BCUT2D eigenvalue weighted by molar-refractivity contribution is -0.137. The van der Waals surface area contributed by atoms with Crippen molar-refractivity contribution in [3.8, 4) is 0 Å². The lowest BCUT2D eigenvalue weighted by Gasteiger charge is -2.34. The maximum Gasteiger partial charge on any atom is 0.416 e. The first-order valence-corrected chi connectivity index (χ1v) is 11.4. The third-order valence-corrected chi connectivity index (χ3v) is 7.41. The number of aromatic nitrogens is 2. The van der Waals surface area contributed by atoms with Gasteiger partial charge in [-0.15, -0.1) is 10.2 Å². The molecule has 1 aliphatic rings. The lowest BCUT2D eigenvalue weighted by Crippen LogP contribution is -2.42.